The van der Waals surface area contributed by atoms with Crippen LogP contribution >= 0.6 is 27.5 Å². The lowest BCUT2D eigenvalue weighted by molar-refractivity contribution is 0.537. The van der Waals surface area contributed by atoms with Crippen molar-refractivity contribution in [3.05, 3.63) is 51.0 Å². The highest BCUT2D eigenvalue weighted by molar-refractivity contribution is 9.10. The summed E-state index contributed by atoms with van der Waals surface area (Å²) in [4.78, 5) is 0. The Morgan fingerprint density at radius 3 is 2.85 bits per heavy atom. The van der Waals surface area contributed by atoms with Gasteiger partial charge in [0.05, 0.1) is 27.4 Å². The summed E-state index contributed by atoms with van der Waals surface area (Å²) in [7, 11) is 0. The van der Waals surface area contributed by atoms with Crippen molar-refractivity contribution < 1.29 is 4.39 Å². The van der Waals surface area contributed by atoms with Crippen molar-refractivity contribution in [3.8, 4) is 0 Å². The summed E-state index contributed by atoms with van der Waals surface area (Å²) in [6, 6.07) is 4.65. The van der Waals surface area contributed by atoms with Gasteiger partial charge < -0.3 is 5.32 Å². The van der Waals surface area contributed by atoms with Gasteiger partial charge in [-0.2, -0.15) is 5.10 Å². The molecule has 0 saturated carbocycles. The van der Waals surface area contributed by atoms with Crippen LogP contribution in [0, 0.1) is 5.82 Å². The van der Waals surface area contributed by atoms with Gasteiger partial charge in [-0.3, -0.25) is 4.68 Å². The Morgan fingerprint density at radius 2 is 2.20 bits per heavy atom. The van der Waals surface area contributed by atoms with Gasteiger partial charge in [-0.05, 0) is 41.0 Å². The third-order valence-electron chi connectivity index (χ3n) is 3.11. The minimum absolute atomic E-state index is 0.147. The van der Waals surface area contributed by atoms with Gasteiger partial charge >= 0.3 is 0 Å². The van der Waals surface area contributed by atoms with Gasteiger partial charge in [0.15, 0.2) is 0 Å². The Hall–Kier alpha value is -0.910. The van der Waals surface area contributed by atoms with E-state index in [1.807, 2.05) is 24.6 Å². The molecule has 0 spiro atoms. The Kier molecular flexibility index (Phi) is 5.18. The van der Waals surface area contributed by atoms with Crippen molar-refractivity contribution in [2.75, 3.05) is 6.54 Å². The number of nitrogens with one attached hydrogen (secondary N) is 1. The molecule has 1 aromatic heterocycles. The summed E-state index contributed by atoms with van der Waals surface area (Å²) in [6.45, 7) is 5.48. The molecule has 1 N–H and O–H groups in total. The fourth-order valence-electron chi connectivity index (χ4n) is 2.21. The Balaban J connectivity index is 2.56. The number of benzene rings is 1. The van der Waals surface area contributed by atoms with Crippen molar-refractivity contribution in [1.29, 1.82) is 0 Å². The summed E-state index contributed by atoms with van der Waals surface area (Å²) in [6.07, 6.45) is 1.75. The maximum Gasteiger partial charge on any atom is 0.142 e. The van der Waals surface area contributed by atoms with E-state index in [0.29, 0.717) is 5.56 Å². The fourth-order valence-corrected chi connectivity index (χ4v) is 2.97. The predicted molar refractivity (Wildman–Crippen MR) is 82.5 cm³/mol. The molecule has 0 saturated heterocycles. The van der Waals surface area contributed by atoms with Crippen molar-refractivity contribution >= 4 is 27.5 Å². The number of aryl methyl sites for hydroxylation is 1. The number of aromatic nitrogens is 2. The molecule has 3 nitrogen and oxygen atoms in total. The molecule has 2 aromatic rings. The molecule has 20 heavy (non-hydrogen) atoms. The monoisotopic (exact) mass is 359 g/mol. The second-order valence-corrected chi connectivity index (χ2v) is 5.56. The smallest absolute Gasteiger partial charge is 0.142 e. The van der Waals surface area contributed by atoms with Crippen LogP contribution in [-0.2, 0) is 6.54 Å². The molecule has 6 heteroatoms. The van der Waals surface area contributed by atoms with Gasteiger partial charge in [-0.15, -0.1) is 0 Å². The van der Waals surface area contributed by atoms with E-state index < -0.39 is 5.82 Å². The van der Waals surface area contributed by atoms with E-state index in [1.54, 1.807) is 12.3 Å². The van der Waals surface area contributed by atoms with Gasteiger partial charge in [-0.25, -0.2) is 4.39 Å². The van der Waals surface area contributed by atoms with E-state index in [4.69, 9.17) is 11.6 Å². The molecule has 1 heterocycles. The van der Waals surface area contributed by atoms with Crippen molar-refractivity contribution in [2.45, 2.75) is 26.4 Å². The van der Waals surface area contributed by atoms with Crippen molar-refractivity contribution in [2.24, 2.45) is 0 Å². The topological polar surface area (TPSA) is 29.9 Å². The minimum Gasteiger partial charge on any atom is -0.305 e. The van der Waals surface area contributed by atoms with Crippen molar-refractivity contribution in [1.82, 2.24) is 15.1 Å². The van der Waals surface area contributed by atoms with E-state index >= 15 is 0 Å². The van der Waals surface area contributed by atoms with E-state index in [2.05, 4.69) is 26.3 Å². The first-order valence-electron chi connectivity index (χ1n) is 6.48. The zero-order valence-electron chi connectivity index (χ0n) is 11.3. The standard InChI is InChI=1S/C14H16BrClFN3/c1-3-18-13(9-6-5-7-11(17)12(9)16)14-10(15)8-19-20(14)4-2/h5-8,13,18H,3-4H2,1-2H3. The highest BCUT2D eigenvalue weighted by Crippen LogP contribution is 2.33. The first-order chi connectivity index (χ1) is 9.60. The van der Waals surface area contributed by atoms with E-state index in [0.717, 1.165) is 23.3 Å². The minimum atomic E-state index is -0.411. The fraction of sp³-hybridized carbons (Fsp3) is 0.357. The molecular formula is C14H16BrClFN3. The molecule has 1 atom stereocenters. The lowest BCUT2D eigenvalue weighted by Gasteiger charge is -2.21. The molecule has 0 aliphatic carbocycles. The van der Waals surface area contributed by atoms with Crippen LogP contribution in [0.2, 0.25) is 5.02 Å². The summed E-state index contributed by atoms with van der Waals surface area (Å²) in [5, 5.41) is 7.80. The average molecular weight is 361 g/mol. The SMILES string of the molecule is CCNC(c1cccc(F)c1Cl)c1c(Br)cnn1CC. The summed E-state index contributed by atoms with van der Waals surface area (Å²) >= 11 is 9.64. The van der Waals surface area contributed by atoms with Crippen LogP contribution in [0.25, 0.3) is 0 Å². The van der Waals surface area contributed by atoms with Crippen LogP contribution in [0.15, 0.2) is 28.9 Å². The number of rotatable bonds is 5. The maximum absolute atomic E-state index is 13.7. The van der Waals surface area contributed by atoms with Gasteiger partial charge in [0, 0.05) is 6.54 Å². The number of hydrogen-bond donors (Lipinski definition) is 1. The first kappa shape index (κ1) is 15.5. The van der Waals surface area contributed by atoms with Gasteiger partial charge in [-0.1, -0.05) is 30.7 Å². The van der Waals surface area contributed by atoms with Crippen molar-refractivity contribution in [3.63, 3.8) is 0 Å². The lowest BCUT2D eigenvalue weighted by atomic mass is 10.0. The number of hydrogen-bond acceptors (Lipinski definition) is 2. The highest BCUT2D eigenvalue weighted by Gasteiger charge is 2.23. The second-order valence-electron chi connectivity index (χ2n) is 4.33. The zero-order valence-corrected chi connectivity index (χ0v) is 13.7. The summed E-state index contributed by atoms with van der Waals surface area (Å²) in [5.41, 5.74) is 1.66. The lowest BCUT2D eigenvalue weighted by Crippen LogP contribution is -2.25. The Morgan fingerprint density at radius 1 is 1.45 bits per heavy atom. The molecule has 0 aliphatic rings. The van der Waals surface area contributed by atoms with Gasteiger partial charge in [0.1, 0.15) is 5.82 Å². The average Bonchev–Trinajstić information content (AvgIpc) is 2.81. The third-order valence-corrected chi connectivity index (χ3v) is 4.12. The van der Waals surface area contributed by atoms with E-state index in [9.17, 15) is 4.39 Å². The zero-order chi connectivity index (χ0) is 14.7. The number of nitrogens with zero attached hydrogens (tertiary/aromatic N) is 2. The van der Waals surface area contributed by atoms with E-state index in [1.165, 1.54) is 6.07 Å². The maximum atomic E-state index is 13.7. The van der Waals surface area contributed by atoms with E-state index in [-0.39, 0.29) is 11.1 Å². The third kappa shape index (κ3) is 2.90. The summed E-state index contributed by atoms with van der Waals surface area (Å²) in [5.74, 6) is -0.411. The Bertz CT molecular complexity index is 600. The van der Waals surface area contributed by atoms with Crippen LogP contribution in [0.5, 0.6) is 0 Å². The second kappa shape index (κ2) is 6.70. The molecule has 1 aromatic carbocycles. The molecule has 2 rings (SSSR count). The highest BCUT2D eigenvalue weighted by atomic mass is 79.9. The van der Waals surface area contributed by atoms with Crippen LogP contribution in [-0.4, -0.2) is 16.3 Å². The molecule has 0 amide bonds. The first-order valence-corrected chi connectivity index (χ1v) is 7.65. The molecule has 0 bridgehead atoms. The van der Waals surface area contributed by atoms with Crippen LogP contribution in [0.1, 0.15) is 31.1 Å². The van der Waals surface area contributed by atoms with Gasteiger partial charge in [0.25, 0.3) is 0 Å². The Labute approximate surface area is 131 Å². The molecule has 0 radical (unpaired) electrons. The van der Waals surface area contributed by atoms with Gasteiger partial charge in [0.2, 0.25) is 0 Å². The molecule has 0 fully saturated rings. The van der Waals surface area contributed by atoms with Crippen LogP contribution < -0.4 is 5.32 Å². The predicted octanol–water partition coefficient (Wildman–Crippen LogP) is 4.16. The normalized spacial score (nSPS) is 12.7. The molecule has 0 aliphatic heterocycles. The number of halogens is 3. The molecule has 1 unspecified atom stereocenters. The largest absolute Gasteiger partial charge is 0.305 e. The van der Waals surface area contributed by atoms with Crippen LogP contribution in [0.3, 0.4) is 0 Å². The van der Waals surface area contributed by atoms with Crippen LogP contribution in [0.4, 0.5) is 4.39 Å². The molecular weight excluding hydrogens is 345 g/mol. The molecule has 108 valence electrons. The quantitative estimate of drug-likeness (QED) is 0.868. The summed E-state index contributed by atoms with van der Waals surface area (Å²) < 4.78 is 16.5.